The number of aliphatic hydroxyl groups is 1. The number of hydrogen-bond acceptors (Lipinski definition) is 7. The molecule has 0 aliphatic rings. The van der Waals surface area contributed by atoms with E-state index in [0.29, 0.717) is 10.1 Å². The normalized spacial score (nSPS) is 11.4. The summed E-state index contributed by atoms with van der Waals surface area (Å²) in [4.78, 5) is 0. The maximum Gasteiger partial charge on any atom is 0.120 e. The van der Waals surface area contributed by atoms with Crippen LogP contribution in [-0.2, 0) is 0 Å². The van der Waals surface area contributed by atoms with Crippen LogP contribution in [0.1, 0.15) is 0 Å². The van der Waals surface area contributed by atoms with Crippen LogP contribution in [0.4, 0.5) is 0 Å². The molecule has 0 aliphatic carbocycles. The van der Waals surface area contributed by atoms with Gasteiger partial charge in [-0.15, -0.1) is 0 Å². The fourth-order valence-electron chi connectivity index (χ4n) is 0.365. The summed E-state index contributed by atoms with van der Waals surface area (Å²) in [5.74, 6) is 0. The maximum atomic E-state index is 8.65. The first-order valence-corrected chi connectivity index (χ1v) is 2.56. The molecule has 0 aromatic rings. The highest BCUT2D eigenvalue weighted by molar-refractivity contribution is 4.31. The quantitative estimate of drug-likeness (QED) is 0.235. The van der Waals surface area contributed by atoms with Crippen molar-refractivity contribution in [2.75, 3.05) is 20.1 Å². The van der Waals surface area contributed by atoms with Gasteiger partial charge in [-0.2, -0.15) is 15.6 Å². The molecule has 0 aromatic heterocycles. The molecule has 0 rings (SSSR count). The molecular formula is C3H11N3O4. The fourth-order valence-corrected chi connectivity index (χ4v) is 0.365. The third-order valence-corrected chi connectivity index (χ3v) is 0.743. The van der Waals surface area contributed by atoms with Crippen LogP contribution in [0.3, 0.4) is 0 Å². The van der Waals surface area contributed by atoms with E-state index in [4.69, 9.17) is 20.7 Å². The molecule has 0 unspecified atom stereocenters. The second-order valence-electron chi connectivity index (χ2n) is 1.61. The van der Waals surface area contributed by atoms with Gasteiger partial charge < -0.3 is 20.7 Å². The van der Waals surface area contributed by atoms with Crippen molar-refractivity contribution in [1.29, 1.82) is 0 Å². The van der Waals surface area contributed by atoms with Crippen molar-refractivity contribution in [2.24, 2.45) is 0 Å². The van der Waals surface area contributed by atoms with E-state index < -0.39 is 6.73 Å². The molecule has 0 saturated carbocycles. The molecule has 0 atom stereocenters. The van der Waals surface area contributed by atoms with E-state index in [0.717, 1.165) is 0 Å². The van der Waals surface area contributed by atoms with Crippen LogP contribution in [0, 0.1) is 0 Å². The van der Waals surface area contributed by atoms with E-state index in [-0.39, 0.29) is 13.3 Å². The Hall–Kier alpha value is -0.280. The Morgan fingerprint density at radius 2 is 1.80 bits per heavy atom. The van der Waals surface area contributed by atoms with Gasteiger partial charge in [-0.3, -0.25) is 0 Å². The van der Waals surface area contributed by atoms with Crippen LogP contribution in [0.2, 0.25) is 0 Å². The molecule has 7 heteroatoms. The van der Waals surface area contributed by atoms with Crippen molar-refractivity contribution in [3.63, 3.8) is 0 Å². The van der Waals surface area contributed by atoms with Gasteiger partial charge in [-0.1, -0.05) is 0 Å². The first kappa shape index (κ1) is 9.72. The van der Waals surface area contributed by atoms with Crippen molar-refractivity contribution < 1.29 is 20.7 Å². The van der Waals surface area contributed by atoms with Crippen LogP contribution < -0.4 is 5.48 Å². The molecule has 10 heavy (non-hydrogen) atoms. The molecule has 0 radical (unpaired) electrons. The lowest BCUT2D eigenvalue weighted by Gasteiger charge is -2.17. The molecule has 0 spiro atoms. The van der Waals surface area contributed by atoms with Gasteiger partial charge in [-0.25, -0.2) is 0 Å². The predicted octanol–water partition coefficient (Wildman–Crippen LogP) is -1.79. The largest absolute Gasteiger partial charge is 0.379 e. The Balaban J connectivity index is 3.27. The van der Waals surface area contributed by atoms with Gasteiger partial charge in [0.25, 0.3) is 0 Å². The average Bonchev–Trinajstić information content (AvgIpc) is 1.88. The van der Waals surface area contributed by atoms with Gasteiger partial charge in [0, 0.05) is 0 Å². The molecule has 0 amide bonds. The summed E-state index contributed by atoms with van der Waals surface area (Å²) >= 11 is 0. The van der Waals surface area contributed by atoms with Gasteiger partial charge in [0.1, 0.15) is 13.4 Å². The zero-order valence-corrected chi connectivity index (χ0v) is 5.30. The lowest BCUT2D eigenvalue weighted by molar-refractivity contribution is -0.235. The topological polar surface area (TPSA) is 99.4 Å². The molecule has 0 bridgehead atoms. The van der Waals surface area contributed by atoms with Gasteiger partial charge in [-0.05, 0) is 0 Å². The molecule has 0 saturated heterocycles. The van der Waals surface area contributed by atoms with Crippen molar-refractivity contribution in [3.8, 4) is 0 Å². The molecule has 7 nitrogen and oxygen atoms in total. The van der Waals surface area contributed by atoms with Crippen LogP contribution in [0.5, 0.6) is 0 Å². The zero-order chi connectivity index (χ0) is 7.98. The van der Waals surface area contributed by atoms with Gasteiger partial charge in [0.05, 0.1) is 6.67 Å². The summed E-state index contributed by atoms with van der Waals surface area (Å²) in [5, 5.41) is 34.4. The molecule has 62 valence electrons. The van der Waals surface area contributed by atoms with Crippen LogP contribution >= 0.6 is 0 Å². The van der Waals surface area contributed by atoms with E-state index in [2.05, 4.69) is 0 Å². The summed E-state index contributed by atoms with van der Waals surface area (Å²) in [6.07, 6.45) is 0. The first-order chi connectivity index (χ1) is 4.70. The molecule has 0 aliphatic heterocycles. The Labute approximate surface area is 57.6 Å². The summed E-state index contributed by atoms with van der Waals surface area (Å²) in [6, 6.07) is 0. The van der Waals surface area contributed by atoms with Crippen molar-refractivity contribution in [2.45, 2.75) is 0 Å². The highest BCUT2D eigenvalue weighted by Gasteiger charge is 2.03. The molecule has 5 N–H and O–H groups in total. The highest BCUT2D eigenvalue weighted by Crippen LogP contribution is 1.81. The van der Waals surface area contributed by atoms with Crippen molar-refractivity contribution in [3.05, 3.63) is 0 Å². The minimum atomic E-state index is -0.581. The maximum absolute atomic E-state index is 8.65. The number of nitrogens with zero attached hydrogens (tertiary/aromatic N) is 2. The lowest BCUT2D eigenvalue weighted by Crippen LogP contribution is -2.38. The Morgan fingerprint density at radius 1 is 1.20 bits per heavy atom. The summed E-state index contributed by atoms with van der Waals surface area (Å²) in [6.45, 7) is -1.07. The van der Waals surface area contributed by atoms with E-state index in [1.807, 2.05) is 0 Å². The van der Waals surface area contributed by atoms with Crippen molar-refractivity contribution >= 4 is 0 Å². The zero-order valence-electron chi connectivity index (χ0n) is 5.30. The predicted molar refractivity (Wildman–Crippen MR) is 29.0 cm³/mol. The van der Waals surface area contributed by atoms with Crippen molar-refractivity contribution in [1.82, 2.24) is 15.6 Å². The number of nitrogens with one attached hydrogen (secondary N) is 1. The van der Waals surface area contributed by atoms with E-state index in [9.17, 15) is 0 Å². The molecule has 0 aromatic carbocycles. The number of aliphatic hydroxyl groups excluding tert-OH is 1. The van der Waals surface area contributed by atoms with E-state index in [1.54, 1.807) is 5.48 Å². The highest BCUT2D eigenvalue weighted by atomic mass is 16.6. The molecule has 0 heterocycles. The fraction of sp³-hybridized carbons (Fsp3) is 1.00. The lowest BCUT2D eigenvalue weighted by atomic mass is 10.9. The Morgan fingerprint density at radius 3 is 2.20 bits per heavy atom. The number of hydroxylamine groups is 5. The standard InChI is InChI=1S/C3H11N3O4/c7-3-6(10)2-5(9)1-4-8/h4,7-10H,1-3H2. The van der Waals surface area contributed by atoms with Gasteiger partial charge in [0.15, 0.2) is 0 Å². The number of rotatable bonds is 5. The van der Waals surface area contributed by atoms with Crippen LogP contribution in [0.25, 0.3) is 0 Å². The molecular weight excluding hydrogens is 142 g/mol. The van der Waals surface area contributed by atoms with E-state index in [1.165, 1.54) is 0 Å². The minimum absolute atomic E-state index is 0.211. The Kier molecular flexibility index (Phi) is 5.35. The third kappa shape index (κ3) is 4.58. The summed E-state index contributed by atoms with van der Waals surface area (Å²) < 4.78 is 0. The van der Waals surface area contributed by atoms with Crippen LogP contribution in [-0.4, -0.2) is 50.9 Å². The third-order valence-electron chi connectivity index (χ3n) is 0.743. The second kappa shape index (κ2) is 5.50. The van der Waals surface area contributed by atoms with Gasteiger partial charge in [0.2, 0.25) is 0 Å². The molecule has 0 fully saturated rings. The SMILES string of the molecule is OCN(O)CN(O)CNO. The smallest absolute Gasteiger partial charge is 0.120 e. The monoisotopic (exact) mass is 153 g/mol. The minimum Gasteiger partial charge on any atom is -0.379 e. The first-order valence-electron chi connectivity index (χ1n) is 2.56. The summed E-state index contributed by atoms with van der Waals surface area (Å²) in [5.41, 5.74) is 1.65. The van der Waals surface area contributed by atoms with Gasteiger partial charge >= 0.3 is 0 Å². The van der Waals surface area contributed by atoms with E-state index >= 15 is 0 Å². The Bertz CT molecular complexity index is 82.1. The average molecular weight is 153 g/mol. The summed E-state index contributed by atoms with van der Waals surface area (Å²) in [7, 11) is 0. The van der Waals surface area contributed by atoms with Crippen LogP contribution in [0.15, 0.2) is 0 Å². The number of hydrogen-bond donors (Lipinski definition) is 5. The second-order valence-corrected chi connectivity index (χ2v) is 1.61.